The number of amides is 1. The molecule has 2 N–H and O–H groups in total. The molecule has 0 spiro atoms. The third-order valence-corrected chi connectivity index (χ3v) is 3.27. The number of hydrogen-bond acceptors (Lipinski definition) is 3. The molecule has 4 nitrogen and oxygen atoms in total. The highest BCUT2D eigenvalue weighted by molar-refractivity contribution is 7.91. The van der Waals surface area contributed by atoms with Crippen molar-refractivity contribution >= 4 is 17.3 Å². The molecule has 1 fully saturated rings. The van der Waals surface area contributed by atoms with Gasteiger partial charge in [-0.2, -0.15) is 4.72 Å². The number of hydrogen-bond donors (Lipinski definition) is 2. The molecule has 0 radical (unpaired) electrons. The molecule has 3 unspecified atom stereocenters. The van der Waals surface area contributed by atoms with Gasteiger partial charge in [0.1, 0.15) is 0 Å². The second-order valence-corrected chi connectivity index (χ2v) is 3.97. The molecule has 1 amide bonds. The Hall–Kier alpha value is -0.680. The van der Waals surface area contributed by atoms with Crippen LogP contribution in [-0.4, -0.2) is 21.8 Å². The molecule has 2 rings (SSSR count). The summed E-state index contributed by atoms with van der Waals surface area (Å²) in [6.07, 6.45) is 4.01. The highest BCUT2D eigenvalue weighted by Gasteiger charge is 2.40. The number of carbonyl (C=O) groups is 1. The van der Waals surface area contributed by atoms with Crippen LogP contribution in [0.5, 0.6) is 0 Å². The average Bonchev–Trinajstić information content (AvgIpc) is 2.34. The van der Waals surface area contributed by atoms with Gasteiger partial charge in [-0.05, 0) is 12.3 Å². The largest absolute Gasteiger partial charge is 0.592 e. The van der Waals surface area contributed by atoms with Gasteiger partial charge in [-0.25, -0.2) is 0 Å². The standard InChI is InChI=1S/C6H8N2O2S/c9-6-3-4-5(1-2-7-4)11(10)8-6/h1-2,4-5,7H,3H2,(H,8,9). The van der Waals surface area contributed by atoms with Gasteiger partial charge in [0.05, 0.1) is 23.8 Å². The number of rotatable bonds is 0. The first-order valence-electron chi connectivity index (χ1n) is 3.40. The van der Waals surface area contributed by atoms with E-state index in [2.05, 4.69) is 10.0 Å². The third-order valence-electron chi connectivity index (χ3n) is 1.86. The van der Waals surface area contributed by atoms with E-state index in [0.29, 0.717) is 6.42 Å². The molecule has 2 aliphatic rings. The lowest BCUT2D eigenvalue weighted by Crippen LogP contribution is -2.52. The van der Waals surface area contributed by atoms with Crippen molar-refractivity contribution in [2.75, 3.05) is 0 Å². The molecule has 1 saturated heterocycles. The summed E-state index contributed by atoms with van der Waals surface area (Å²) in [5.41, 5.74) is 0. The fraction of sp³-hybridized carbons (Fsp3) is 0.500. The summed E-state index contributed by atoms with van der Waals surface area (Å²) < 4.78 is 13.6. The molecule has 2 aliphatic heterocycles. The van der Waals surface area contributed by atoms with Crippen molar-refractivity contribution in [1.82, 2.24) is 10.0 Å². The minimum Gasteiger partial charge on any atom is -0.592 e. The summed E-state index contributed by atoms with van der Waals surface area (Å²) in [5.74, 6) is -0.138. The van der Waals surface area contributed by atoms with Gasteiger partial charge in [-0.15, -0.1) is 0 Å². The normalized spacial score (nSPS) is 41.2. The zero-order chi connectivity index (χ0) is 7.84. The lowest BCUT2D eigenvalue weighted by molar-refractivity contribution is -0.120. The van der Waals surface area contributed by atoms with E-state index in [4.69, 9.17) is 0 Å². The van der Waals surface area contributed by atoms with Crippen molar-refractivity contribution in [3.05, 3.63) is 12.3 Å². The molecule has 0 aliphatic carbocycles. The van der Waals surface area contributed by atoms with Crippen LogP contribution < -0.4 is 10.0 Å². The van der Waals surface area contributed by atoms with Crippen LogP contribution in [0.3, 0.4) is 0 Å². The maximum atomic E-state index is 11.2. The van der Waals surface area contributed by atoms with Gasteiger partial charge in [0, 0.05) is 0 Å². The molecule has 0 saturated carbocycles. The minimum atomic E-state index is -1.22. The van der Waals surface area contributed by atoms with Crippen LogP contribution in [0.25, 0.3) is 0 Å². The maximum Gasteiger partial charge on any atom is 0.263 e. The predicted molar refractivity (Wildman–Crippen MR) is 40.8 cm³/mol. The first kappa shape index (κ1) is 7.00. The summed E-state index contributed by atoms with van der Waals surface area (Å²) in [6.45, 7) is 0. The van der Waals surface area contributed by atoms with Crippen LogP contribution >= 0.6 is 0 Å². The van der Waals surface area contributed by atoms with Crippen LogP contribution in [0.2, 0.25) is 0 Å². The molecule has 3 atom stereocenters. The third kappa shape index (κ3) is 1.10. The number of fused-ring (bicyclic) bond motifs is 1. The van der Waals surface area contributed by atoms with Crippen LogP contribution in [0.1, 0.15) is 6.42 Å². The first-order valence-corrected chi connectivity index (χ1v) is 4.61. The fourth-order valence-electron chi connectivity index (χ4n) is 1.32. The Labute approximate surface area is 67.4 Å². The maximum absolute atomic E-state index is 11.2. The van der Waals surface area contributed by atoms with E-state index in [1.165, 1.54) is 0 Å². The van der Waals surface area contributed by atoms with Gasteiger partial charge < -0.3 is 9.87 Å². The minimum absolute atomic E-state index is 0.0345. The van der Waals surface area contributed by atoms with E-state index >= 15 is 0 Å². The van der Waals surface area contributed by atoms with Crippen LogP contribution in [0, 0.1) is 0 Å². The summed E-state index contributed by atoms with van der Waals surface area (Å²) in [5, 5.41) is 2.95. The van der Waals surface area contributed by atoms with Crippen LogP contribution in [-0.2, 0) is 16.2 Å². The van der Waals surface area contributed by atoms with Gasteiger partial charge in [0.25, 0.3) is 5.91 Å². The topological polar surface area (TPSA) is 64.2 Å². The Kier molecular flexibility index (Phi) is 1.54. The zero-order valence-electron chi connectivity index (χ0n) is 5.74. The molecular weight excluding hydrogens is 164 g/mol. The van der Waals surface area contributed by atoms with E-state index in [-0.39, 0.29) is 17.2 Å². The number of nitrogens with one attached hydrogen (secondary N) is 2. The lowest BCUT2D eigenvalue weighted by Gasteiger charge is -2.26. The van der Waals surface area contributed by atoms with E-state index < -0.39 is 11.4 Å². The van der Waals surface area contributed by atoms with E-state index in [0.717, 1.165) is 0 Å². The Morgan fingerprint density at radius 2 is 2.55 bits per heavy atom. The molecule has 2 heterocycles. The first-order chi connectivity index (χ1) is 5.27. The van der Waals surface area contributed by atoms with Gasteiger partial charge in [-0.1, -0.05) is 0 Å². The van der Waals surface area contributed by atoms with Crippen molar-refractivity contribution in [2.45, 2.75) is 17.7 Å². The molecule has 11 heavy (non-hydrogen) atoms. The van der Waals surface area contributed by atoms with Gasteiger partial charge in [-0.3, -0.25) is 4.79 Å². The van der Waals surface area contributed by atoms with Gasteiger partial charge >= 0.3 is 0 Å². The van der Waals surface area contributed by atoms with Crippen molar-refractivity contribution in [1.29, 1.82) is 0 Å². The summed E-state index contributed by atoms with van der Waals surface area (Å²) >= 11 is -1.22. The fourth-order valence-corrected chi connectivity index (χ4v) is 2.46. The summed E-state index contributed by atoms with van der Waals surface area (Å²) in [6, 6.07) is 0.0459. The number of carbonyl (C=O) groups excluding carboxylic acids is 1. The van der Waals surface area contributed by atoms with Gasteiger partial charge in [0.2, 0.25) is 0 Å². The Bertz CT molecular complexity index is 219. The SMILES string of the molecule is O=C1CC2NC=CC2[S+]([O-])N1. The van der Waals surface area contributed by atoms with Crippen LogP contribution in [0.15, 0.2) is 12.3 Å². The van der Waals surface area contributed by atoms with E-state index in [1.54, 1.807) is 6.20 Å². The highest BCUT2D eigenvalue weighted by Crippen LogP contribution is 2.19. The van der Waals surface area contributed by atoms with E-state index in [1.807, 2.05) is 6.08 Å². The summed E-state index contributed by atoms with van der Waals surface area (Å²) in [4.78, 5) is 10.8. The van der Waals surface area contributed by atoms with Crippen molar-refractivity contribution < 1.29 is 9.35 Å². The van der Waals surface area contributed by atoms with Gasteiger partial charge in [0.15, 0.2) is 5.25 Å². The Morgan fingerprint density at radius 1 is 1.73 bits per heavy atom. The summed E-state index contributed by atoms with van der Waals surface area (Å²) in [7, 11) is 0. The molecule has 5 heteroatoms. The van der Waals surface area contributed by atoms with Crippen LogP contribution in [0.4, 0.5) is 0 Å². The van der Waals surface area contributed by atoms with Crippen molar-refractivity contribution in [3.8, 4) is 0 Å². The smallest absolute Gasteiger partial charge is 0.263 e. The molecule has 0 aromatic rings. The second kappa shape index (κ2) is 2.42. The highest BCUT2D eigenvalue weighted by atomic mass is 32.2. The molecule has 0 bridgehead atoms. The molecule has 60 valence electrons. The predicted octanol–water partition coefficient (Wildman–Crippen LogP) is -0.976. The molecule has 0 aromatic carbocycles. The second-order valence-electron chi connectivity index (χ2n) is 2.62. The monoisotopic (exact) mass is 172 g/mol. The quantitative estimate of drug-likeness (QED) is 0.462. The zero-order valence-corrected chi connectivity index (χ0v) is 6.56. The lowest BCUT2D eigenvalue weighted by atomic mass is 10.1. The average molecular weight is 172 g/mol. The Morgan fingerprint density at radius 3 is 3.36 bits per heavy atom. The molecule has 0 aromatic heterocycles. The van der Waals surface area contributed by atoms with Crippen molar-refractivity contribution in [2.24, 2.45) is 0 Å². The Balaban J connectivity index is 2.14. The van der Waals surface area contributed by atoms with Crippen molar-refractivity contribution in [3.63, 3.8) is 0 Å². The van der Waals surface area contributed by atoms with E-state index in [9.17, 15) is 9.35 Å². The molecular formula is C6H8N2O2S.